The van der Waals surface area contributed by atoms with Gasteiger partial charge >= 0.3 is 0 Å². The largest absolute Gasteiger partial charge is 0.380 e. The lowest BCUT2D eigenvalue weighted by Crippen LogP contribution is -2.40. The van der Waals surface area contributed by atoms with Gasteiger partial charge in [-0.3, -0.25) is 4.90 Å². The van der Waals surface area contributed by atoms with Crippen LogP contribution in [0.4, 0.5) is 0 Å². The van der Waals surface area contributed by atoms with Crippen molar-refractivity contribution in [2.45, 2.75) is 25.5 Å². The monoisotopic (exact) mass is 262 g/mol. The molecule has 19 heavy (non-hydrogen) atoms. The van der Waals surface area contributed by atoms with Crippen LogP contribution in [0.2, 0.25) is 0 Å². The molecule has 3 heteroatoms. The number of rotatable bonds is 5. The fourth-order valence-corrected chi connectivity index (χ4v) is 3.34. The number of nitrogens with one attached hydrogen (secondary N) is 1. The van der Waals surface area contributed by atoms with Gasteiger partial charge in [-0.15, -0.1) is 0 Å². The molecule has 0 aromatic heterocycles. The van der Waals surface area contributed by atoms with Crippen molar-refractivity contribution in [2.75, 3.05) is 34.3 Å². The molecule has 0 bridgehead atoms. The van der Waals surface area contributed by atoms with Crippen molar-refractivity contribution in [1.82, 2.24) is 10.2 Å². The van der Waals surface area contributed by atoms with E-state index in [4.69, 9.17) is 4.74 Å². The average Bonchev–Trinajstić information content (AvgIpc) is 2.41. The summed E-state index contributed by atoms with van der Waals surface area (Å²) >= 11 is 0. The van der Waals surface area contributed by atoms with Gasteiger partial charge in [0.1, 0.15) is 0 Å². The summed E-state index contributed by atoms with van der Waals surface area (Å²) in [6.07, 6.45) is 2.60. The first kappa shape index (κ1) is 14.5. The van der Waals surface area contributed by atoms with Crippen molar-refractivity contribution in [1.29, 1.82) is 0 Å². The summed E-state index contributed by atoms with van der Waals surface area (Å²) in [6.45, 7) is 2.97. The van der Waals surface area contributed by atoms with Crippen LogP contribution < -0.4 is 5.32 Å². The predicted molar refractivity (Wildman–Crippen MR) is 79.2 cm³/mol. The van der Waals surface area contributed by atoms with Gasteiger partial charge in [-0.1, -0.05) is 24.3 Å². The maximum Gasteiger partial charge on any atom is 0.0716 e. The summed E-state index contributed by atoms with van der Waals surface area (Å²) in [5.74, 6) is 0.682. The van der Waals surface area contributed by atoms with Crippen molar-refractivity contribution in [3.63, 3.8) is 0 Å². The summed E-state index contributed by atoms with van der Waals surface area (Å²) in [5.41, 5.74) is 2.76. The minimum absolute atomic E-state index is 0.507. The Labute approximate surface area is 116 Å². The second-order valence-corrected chi connectivity index (χ2v) is 5.52. The first-order valence-electron chi connectivity index (χ1n) is 7.19. The topological polar surface area (TPSA) is 24.5 Å². The Hall–Kier alpha value is -0.900. The van der Waals surface area contributed by atoms with Crippen LogP contribution >= 0.6 is 0 Å². The van der Waals surface area contributed by atoms with E-state index in [1.807, 2.05) is 7.05 Å². The number of piperidine rings is 1. The molecule has 2 unspecified atom stereocenters. The lowest BCUT2D eigenvalue weighted by atomic mass is 9.83. The van der Waals surface area contributed by atoms with E-state index in [2.05, 4.69) is 41.5 Å². The summed E-state index contributed by atoms with van der Waals surface area (Å²) in [7, 11) is 6.06. The molecule has 0 saturated carbocycles. The van der Waals surface area contributed by atoms with E-state index in [0.29, 0.717) is 18.6 Å². The Morgan fingerprint density at radius 2 is 2.16 bits per heavy atom. The van der Waals surface area contributed by atoms with Crippen LogP contribution in [0.15, 0.2) is 24.3 Å². The summed E-state index contributed by atoms with van der Waals surface area (Å²) < 4.78 is 5.36. The van der Waals surface area contributed by atoms with E-state index in [0.717, 1.165) is 6.54 Å². The van der Waals surface area contributed by atoms with E-state index in [1.54, 1.807) is 7.11 Å². The molecule has 1 aromatic rings. The number of benzene rings is 1. The van der Waals surface area contributed by atoms with Gasteiger partial charge in [0.25, 0.3) is 0 Å². The lowest BCUT2D eigenvalue weighted by molar-refractivity contribution is 0.116. The molecule has 3 nitrogen and oxygen atoms in total. The van der Waals surface area contributed by atoms with Crippen LogP contribution in [0, 0.1) is 5.92 Å². The number of likely N-dealkylation sites (tertiary alicyclic amines) is 1. The average molecular weight is 262 g/mol. The van der Waals surface area contributed by atoms with Crippen LogP contribution in [0.3, 0.4) is 0 Å². The molecule has 1 N–H and O–H groups in total. The molecule has 0 aliphatic carbocycles. The van der Waals surface area contributed by atoms with Crippen LogP contribution in [0.25, 0.3) is 0 Å². The van der Waals surface area contributed by atoms with Gasteiger partial charge < -0.3 is 10.1 Å². The highest BCUT2D eigenvalue weighted by Crippen LogP contribution is 2.36. The number of methoxy groups -OCH3 is 1. The van der Waals surface area contributed by atoms with E-state index in [1.165, 1.54) is 30.5 Å². The minimum atomic E-state index is 0.507. The molecule has 0 radical (unpaired) electrons. The summed E-state index contributed by atoms with van der Waals surface area (Å²) in [6, 6.07) is 9.22. The van der Waals surface area contributed by atoms with Crippen molar-refractivity contribution in [3.05, 3.63) is 35.4 Å². The molecule has 1 aliphatic rings. The third-order valence-corrected chi connectivity index (χ3v) is 4.15. The Morgan fingerprint density at radius 3 is 2.89 bits per heavy atom. The zero-order valence-electron chi connectivity index (χ0n) is 12.4. The second-order valence-electron chi connectivity index (χ2n) is 5.52. The smallest absolute Gasteiger partial charge is 0.0716 e. The SMILES string of the molecule is CNCC1CCCN(C)C1c1ccccc1COC. The number of nitrogens with zero attached hydrogens (tertiary/aromatic N) is 1. The molecule has 106 valence electrons. The third kappa shape index (κ3) is 3.35. The summed E-state index contributed by atoms with van der Waals surface area (Å²) in [4.78, 5) is 2.50. The molecule has 0 amide bonds. The molecule has 2 rings (SSSR count). The molecular formula is C16H26N2O. The van der Waals surface area contributed by atoms with E-state index >= 15 is 0 Å². The lowest BCUT2D eigenvalue weighted by Gasteiger charge is -2.40. The quantitative estimate of drug-likeness (QED) is 0.882. The van der Waals surface area contributed by atoms with Gasteiger partial charge in [0, 0.05) is 13.2 Å². The second kappa shape index (κ2) is 7.04. The van der Waals surface area contributed by atoms with Crippen molar-refractivity contribution in [2.24, 2.45) is 5.92 Å². The summed E-state index contributed by atoms with van der Waals surface area (Å²) in [5, 5.41) is 3.35. The van der Waals surface area contributed by atoms with Gasteiger partial charge in [-0.05, 0) is 57.1 Å². The zero-order valence-corrected chi connectivity index (χ0v) is 12.4. The van der Waals surface area contributed by atoms with Gasteiger partial charge in [0.15, 0.2) is 0 Å². The standard InChI is InChI=1S/C16H26N2O/c1-17-11-13-8-6-10-18(2)16(13)15-9-5-4-7-14(15)12-19-3/h4-5,7,9,13,16-17H,6,8,10-12H2,1-3H3. The van der Waals surface area contributed by atoms with Gasteiger partial charge in [0.05, 0.1) is 6.61 Å². The Kier molecular flexibility index (Phi) is 5.37. The highest BCUT2D eigenvalue weighted by Gasteiger charge is 2.31. The fourth-order valence-electron chi connectivity index (χ4n) is 3.34. The number of hydrogen-bond acceptors (Lipinski definition) is 3. The first-order chi connectivity index (χ1) is 9.27. The Morgan fingerprint density at radius 1 is 1.37 bits per heavy atom. The van der Waals surface area contributed by atoms with E-state index in [9.17, 15) is 0 Å². The van der Waals surface area contributed by atoms with Crippen LogP contribution in [-0.4, -0.2) is 39.2 Å². The minimum Gasteiger partial charge on any atom is -0.380 e. The number of hydrogen-bond donors (Lipinski definition) is 1. The van der Waals surface area contributed by atoms with Crippen molar-refractivity contribution >= 4 is 0 Å². The van der Waals surface area contributed by atoms with Crippen molar-refractivity contribution in [3.8, 4) is 0 Å². The molecular weight excluding hydrogens is 236 g/mol. The first-order valence-corrected chi connectivity index (χ1v) is 7.19. The van der Waals surface area contributed by atoms with Gasteiger partial charge in [-0.2, -0.15) is 0 Å². The van der Waals surface area contributed by atoms with Crippen molar-refractivity contribution < 1.29 is 4.74 Å². The third-order valence-electron chi connectivity index (χ3n) is 4.15. The van der Waals surface area contributed by atoms with Gasteiger partial charge in [-0.25, -0.2) is 0 Å². The highest BCUT2D eigenvalue weighted by atomic mass is 16.5. The normalized spacial score (nSPS) is 24.6. The Balaban J connectivity index is 2.29. The highest BCUT2D eigenvalue weighted by molar-refractivity contribution is 5.30. The molecule has 1 heterocycles. The van der Waals surface area contributed by atoms with Gasteiger partial charge in [0.2, 0.25) is 0 Å². The Bertz CT molecular complexity index is 392. The van der Waals surface area contributed by atoms with E-state index in [-0.39, 0.29) is 0 Å². The van der Waals surface area contributed by atoms with Crippen LogP contribution in [0.1, 0.15) is 30.0 Å². The molecule has 0 spiro atoms. The molecule has 1 fully saturated rings. The maximum absolute atomic E-state index is 5.36. The van der Waals surface area contributed by atoms with E-state index < -0.39 is 0 Å². The molecule has 1 saturated heterocycles. The maximum atomic E-state index is 5.36. The molecule has 1 aliphatic heterocycles. The molecule has 2 atom stereocenters. The predicted octanol–water partition coefficient (Wildman–Crippen LogP) is 2.44. The van der Waals surface area contributed by atoms with Crippen LogP contribution in [0.5, 0.6) is 0 Å². The fraction of sp³-hybridized carbons (Fsp3) is 0.625. The number of ether oxygens (including phenoxy) is 1. The molecule has 1 aromatic carbocycles. The zero-order chi connectivity index (χ0) is 13.7. The van der Waals surface area contributed by atoms with Crippen LogP contribution in [-0.2, 0) is 11.3 Å².